The molecule has 0 spiro atoms. The van der Waals surface area contributed by atoms with Crippen molar-refractivity contribution in [2.24, 2.45) is 0 Å². The molecule has 0 fully saturated rings. The van der Waals surface area contributed by atoms with Crippen LogP contribution in [-0.4, -0.2) is 25.4 Å². The highest BCUT2D eigenvalue weighted by Crippen LogP contribution is 2.38. The van der Waals surface area contributed by atoms with E-state index in [0.717, 1.165) is 44.7 Å². The number of para-hydroxylation sites is 4. The van der Waals surface area contributed by atoms with Gasteiger partial charge in [0, 0.05) is 61.3 Å². The van der Waals surface area contributed by atoms with Gasteiger partial charge in [0.05, 0.1) is 28.7 Å². The van der Waals surface area contributed by atoms with Crippen LogP contribution in [0.2, 0.25) is 0 Å². The maximum Gasteiger partial charge on any atom is 0.0610 e. The van der Waals surface area contributed by atoms with E-state index in [1.807, 2.05) is 0 Å². The first-order valence-corrected chi connectivity index (χ1v) is 18.6. The van der Waals surface area contributed by atoms with E-state index < -0.39 is 0 Å². The molecule has 0 amide bonds. The standard InChI is InChI=1S/C50H35N3O/c54-28-27-51-45-25-23-35(33-11-9-13-37(29-33)52-47-19-5-1-15-39(47)40-16-2-6-20-48(40)52)31-43(45)44-32-36(24-26-46(44)51)34-12-10-14-38(30-34)53-49-21-7-3-17-41(49)42-18-4-8-22-50(42)53/h1-26,29-32,54H,27-28H2. The number of benzene rings is 8. The molecule has 4 heteroatoms. The number of nitrogens with zero attached hydrogens (tertiary/aromatic N) is 3. The lowest BCUT2D eigenvalue weighted by molar-refractivity contribution is 0.280. The zero-order valence-corrected chi connectivity index (χ0v) is 29.5. The second-order valence-electron chi connectivity index (χ2n) is 14.2. The molecule has 3 heterocycles. The van der Waals surface area contributed by atoms with Gasteiger partial charge in [0.15, 0.2) is 0 Å². The van der Waals surface area contributed by atoms with E-state index in [2.05, 4.69) is 196 Å². The van der Waals surface area contributed by atoms with E-state index >= 15 is 0 Å². The van der Waals surface area contributed by atoms with Crippen molar-refractivity contribution < 1.29 is 5.11 Å². The van der Waals surface area contributed by atoms with Crippen molar-refractivity contribution in [1.29, 1.82) is 0 Å². The summed E-state index contributed by atoms with van der Waals surface area (Å²) >= 11 is 0. The Hall–Kier alpha value is -6.88. The lowest BCUT2D eigenvalue weighted by Gasteiger charge is -2.11. The van der Waals surface area contributed by atoms with E-state index in [0.29, 0.717) is 6.54 Å². The smallest absolute Gasteiger partial charge is 0.0610 e. The molecular weight excluding hydrogens is 659 g/mol. The van der Waals surface area contributed by atoms with Gasteiger partial charge in [-0.1, -0.05) is 109 Å². The van der Waals surface area contributed by atoms with Gasteiger partial charge in [0.25, 0.3) is 0 Å². The summed E-state index contributed by atoms with van der Waals surface area (Å²) in [6.07, 6.45) is 0. The van der Waals surface area contributed by atoms with Gasteiger partial charge in [-0.15, -0.1) is 0 Å². The number of hydrogen-bond donors (Lipinski definition) is 1. The summed E-state index contributed by atoms with van der Waals surface area (Å²) in [4.78, 5) is 0. The van der Waals surface area contributed by atoms with E-state index in [-0.39, 0.29) is 6.61 Å². The number of aromatic nitrogens is 3. The van der Waals surface area contributed by atoms with Crippen LogP contribution in [0.3, 0.4) is 0 Å². The summed E-state index contributed by atoms with van der Waals surface area (Å²) < 4.78 is 7.00. The third-order valence-electron chi connectivity index (χ3n) is 11.2. The predicted octanol–water partition coefficient (Wildman–Crippen LogP) is 12.3. The number of rotatable bonds is 6. The SMILES string of the molecule is OCCn1c2ccc(-c3cccc(-n4c5ccccc5c5ccccc54)c3)cc2c2cc(-c3cccc(-n4c5ccccc5c5ccccc54)c3)ccc21. The van der Waals surface area contributed by atoms with Gasteiger partial charge in [0.1, 0.15) is 0 Å². The molecule has 11 aromatic rings. The summed E-state index contributed by atoms with van der Waals surface area (Å²) in [6, 6.07) is 65.9. The van der Waals surface area contributed by atoms with Gasteiger partial charge in [0.2, 0.25) is 0 Å². The predicted molar refractivity (Wildman–Crippen MR) is 226 cm³/mol. The zero-order valence-electron chi connectivity index (χ0n) is 29.5. The molecule has 54 heavy (non-hydrogen) atoms. The lowest BCUT2D eigenvalue weighted by atomic mass is 9.99. The summed E-state index contributed by atoms with van der Waals surface area (Å²) in [6.45, 7) is 0.606. The van der Waals surface area contributed by atoms with E-state index in [9.17, 15) is 5.11 Å². The third-order valence-corrected chi connectivity index (χ3v) is 11.2. The Morgan fingerprint density at radius 1 is 0.315 bits per heavy atom. The average Bonchev–Trinajstić information content (AvgIpc) is 3.86. The molecule has 0 radical (unpaired) electrons. The van der Waals surface area contributed by atoms with Crippen molar-refractivity contribution >= 4 is 65.4 Å². The molecule has 0 aliphatic carbocycles. The van der Waals surface area contributed by atoms with Crippen LogP contribution in [0, 0.1) is 0 Å². The normalized spacial score (nSPS) is 11.9. The van der Waals surface area contributed by atoms with Crippen LogP contribution in [0.4, 0.5) is 0 Å². The molecule has 256 valence electrons. The Kier molecular flexibility index (Phi) is 6.88. The van der Waals surface area contributed by atoms with Crippen LogP contribution in [0.5, 0.6) is 0 Å². The number of aliphatic hydroxyl groups excluding tert-OH is 1. The maximum absolute atomic E-state index is 10.1. The summed E-state index contributed by atoms with van der Waals surface area (Å²) in [5.41, 5.74) is 14.0. The topological polar surface area (TPSA) is 35.0 Å². The Balaban J connectivity index is 1.05. The molecule has 11 rings (SSSR count). The van der Waals surface area contributed by atoms with Gasteiger partial charge >= 0.3 is 0 Å². The number of hydrogen-bond acceptors (Lipinski definition) is 1. The largest absolute Gasteiger partial charge is 0.395 e. The van der Waals surface area contributed by atoms with Crippen LogP contribution in [0.25, 0.3) is 99.0 Å². The maximum atomic E-state index is 10.1. The van der Waals surface area contributed by atoms with Gasteiger partial charge < -0.3 is 18.8 Å². The van der Waals surface area contributed by atoms with Gasteiger partial charge in [-0.2, -0.15) is 0 Å². The van der Waals surface area contributed by atoms with Crippen molar-refractivity contribution in [3.05, 3.63) is 182 Å². The molecule has 0 atom stereocenters. The molecule has 4 nitrogen and oxygen atoms in total. The fourth-order valence-electron chi connectivity index (χ4n) is 8.85. The van der Waals surface area contributed by atoms with Crippen molar-refractivity contribution in [1.82, 2.24) is 13.7 Å². The van der Waals surface area contributed by atoms with Crippen molar-refractivity contribution in [3.63, 3.8) is 0 Å². The van der Waals surface area contributed by atoms with Gasteiger partial charge in [-0.3, -0.25) is 0 Å². The molecule has 0 aliphatic rings. The molecule has 1 N–H and O–H groups in total. The second kappa shape index (κ2) is 12.1. The molecule has 0 saturated heterocycles. The summed E-state index contributed by atoms with van der Waals surface area (Å²) in [5, 5.41) is 17.5. The van der Waals surface area contributed by atoms with E-state index in [4.69, 9.17) is 0 Å². The Bertz CT molecular complexity index is 2930. The van der Waals surface area contributed by atoms with Crippen molar-refractivity contribution in [3.8, 4) is 33.6 Å². The quantitative estimate of drug-likeness (QED) is 0.185. The number of aliphatic hydroxyl groups is 1. The van der Waals surface area contributed by atoms with Gasteiger partial charge in [-0.05, 0) is 95.1 Å². The first-order valence-electron chi connectivity index (χ1n) is 18.6. The highest BCUT2D eigenvalue weighted by atomic mass is 16.3. The Morgan fingerprint density at radius 3 is 1.07 bits per heavy atom. The van der Waals surface area contributed by atoms with E-state index in [1.54, 1.807) is 0 Å². The van der Waals surface area contributed by atoms with Crippen molar-refractivity contribution in [2.45, 2.75) is 6.54 Å². The second-order valence-corrected chi connectivity index (χ2v) is 14.2. The van der Waals surface area contributed by atoms with Crippen LogP contribution in [0.1, 0.15) is 0 Å². The van der Waals surface area contributed by atoms with E-state index in [1.165, 1.54) is 54.4 Å². The van der Waals surface area contributed by atoms with Crippen LogP contribution < -0.4 is 0 Å². The average molecular weight is 694 g/mol. The third kappa shape index (κ3) is 4.60. The molecule has 3 aromatic heterocycles. The van der Waals surface area contributed by atoms with Crippen LogP contribution >= 0.6 is 0 Å². The minimum absolute atomic E-state index is 0.0735. The summed E-state index contributed by atoms with van der Waals surface area (Å²) in [7, 11) is 0. The first-order chi connectivity index (χ1) is 26.7. The number of fused-ring (bicyclic) bond motifs is 9. The fraction of sp³-hybridized carbons (Fsp3) is 0.0400. The molecule has 0 aliphatic heterocycles. The first kappa shape index (κ1) is 30.7. The minimum atomic E-state index is 0.0735. The van der Waals surface area contributed by atoms with Crippen LogP contribution in [-0.2, 0) is 6.54 Å². The molecule has 0 bridgehead atoms. The Labute approximate surface area is 312 Å². The summed E-state index contributed by atoms with van der Waals surface area (Å²) in [5.74, 6) is 0. The zero-order chi connectivity index (χ0) is 35.8. The highest BCUT2D eigenvalue weighted by molar-refractivity contribution is 6.12. The molecule has 0 saturated carbocycles. The molecule has 8 aromatic carbocycles. The fourth-order valence-corrected chi connectivity index (χ4v) is 8.85. The lowest BCUT2D eigenvalue weighted by Crippen LogP contribution is -2.01. The minimum Gasteiger partial charge on any atom is -0.395 e. The monoisotopic (exact) mass is 693 g/mol. The van der Waals surface area contributed by atoms with Crippen molar-refractivity contribution in [2.75, 3.05) is 6.61 Å². The Morgan fingerprint density at radius 2 is 0.685 bits per heavy atom. The highest BCUT2D eigenvalue weighted by Gasteiger charge is 2.17. The van der Waals surface area contributed by atoms with Gasteiger partial charge in [-0.25, -0.2) is 0 Å². The molecule has 0 unspecified atom stereocenters. The van der Waals surface area contributed by atoms with Crippen LogP contribution in [0.15, 0.2) is 182 Å². The molecular formula is C50H35N3O.